The lowest BCUT2D eigenvalue weighted by Gasteiger charge is -2.27. The maximum Gasteiger partial charge on any atom is 0.416 e. The van der Waals surface area contributed by atoms with Gasteiger partial charge in [-0.3, -0.25) is 14.9 Å². The molecular weight excluding hydrogens is 537 g/mol. The van der Waals surface area contributed by atoms with Crippen LogP contribution in [0.25, 0.3) is 0 Å². The highest BCUT2D eigenvalue weighted by Gasteiger charge is 2.46. The van der Waals surface area contributed by atoms with Crippen molar-refractivity contribution >= 4 is 23.8 Å². The van der Waals surface area contributed by atoms with Crippen LogP contribution >= 0.6 is 0 Å². The fourth-order valence-corrected chi connectivity index (χ4v) is 5.39. The van der Waals surface area contributed by atoms with Gasteiger partial charge in [0.05, 0.1) is 35.8 Å². The number of amidine groups is 1. The van der Waals surface area contributed by atoms with Gasteiger partial charge in [0.25, 0.3) is 11.7 Å². The number of alkyl halides is 3. The van der Waals surface area contributed by atoms with Crippen LogP contribution in [0.3, 0.4) is 0 Å². The van der Waals surface area contributed by atoms with E-state index >= 15 is 0 Å². The van der Waals surface area contributed by atoms with E-state index in [1.165, 1.54) is 0 Å². The third kappa shape index (κ3) is 4.88. The Kier molecular flexibility index (Phi) is 6.64. The van der Waals surface area contributed by atoms with Crippen LogP contribution in [0.4, 0.5) is 19.0 Å². The predicted molar refractivity (Wildman–Crippen MR) is 144 cm³/mol. The highest BCUT2D eigenvalue weighted by Crippen LogP contribution is 2.40. The van der Waals surface area contributed by atoms with E-state index in [0.29, 0.717) is 18.0 Å². The number of methoxy groups -OCH3 is 1. The van der Waals surface area contributed by atoms with Crippen molar-refractivity contribution in [3.63, 3.8) is 0 Å². The number of carbonyl (C=O) groups excluding carboxylic acids is 1. The number of aryl methyl sites for hydroxylation is 1. The number of ether oxygens (including phenoxy) is 1. The van der Waals surface area contributed by atoms with E-state index in [-0.39, 0.29) is 21.9 Å². The number of nitrogens with one attached hydrogen (secondary N) is 2. The second-order valence-corrected chi connectivity index (χ2v) is 10.0. The van der Waals surface area contributed by atoms with Crippen molar-refractivity contribution in [2.75, 3.05) is 12.4 Å². The van der Waals surface area contributed by atoms with Crippen LogP contribution in [0.1, 0.15) is 44.9 Å². The third-order valence-corrected chi connectivity index (χ3v) is 7.46. The third-order valence-electron chi connectivity index (χ3n) is 7.46. The van der Waals surface area contributed by atoms with Crippen LogP contribution in [-0.2, 0) is 30.4 Å². The number of nitrogens with two attached hydrogens (primary N) is 1. The van der Waals surface area contributed by atoms with Crippen LogP contribution < -0.4 is 11.2 Å². The van der Waals surface area contributed by atoms with Crippen LogP contribution in [0.15, 0.2) is 76.4 Å². The normalized spacial score (nSPS) is 21.5. The lowest BCUT2D eigenvalue weighted by Crippen LogP contribution is -2.53. The molecular formula is C28H26F3N8O2+. The number of H-pyrrole nitrogens is 1. The van der Waals surface area contributed by atoms with Gasteiger partial charge in [0.2, 0.25) is 5.70 Å². The SMILES string of the molecule is COCc1n[nH]c2c1CC(C1=C3C=NC=C[N+]3(N)C(c3ccc(C(=O)Nc4cc(C(F)(F)F)ccn4)cc3)=N1)CC2. The number of amides is 1. The van der Waals surface area contributed by atoms with Crippen molar-refractivity contribution in [2.24, 2.45) is 21.7 Å². The Bertz CT molecular complexity index is 1640. The van der Waals surface area contributed by atoms with Gasteiger partial charge in [-0.05, 0) is 61.2 Å². The van der Waals surface area contributed by atoms with E-state index in [1.807, 2.05) is 0 Å². The van der Waals surface area contributed by atoms with Crippen LogP contribution in [0, 0.1) is 5.92 Å². The Morgan fingerprint density at radius 1 is 1.24 bits per heavy atom. The first-order valence-electron chi connectivity index (χ1n) is 12.9. The van der Waals surface area contributed by atoms with Gasteiger partial charge >= 0.3 is 6.18 Å². The molecule has 1 amide bonds. The van der Waals surface area contributed by atoms with Crippen molar-refractivity contribution in [1.29, 1.82) is 0 Å². The van der Waals surface area contributed by atoms with Crippen molar-refractivity contribution in [1.82, 2.24) is 15.2 Å². The second-order valence-electron chi connectivity index (χ2n) is 10.0. The summed E-state index contributed by atoms with van der Waals surface area (Å²) >= 11 is 0. The minimum atomic E-state index is -4.54. The summed E-state index contributed by atoms with van der Waals surface area (Å²) < 4.78 is 44.2. The van der Waals surface area contributed by atoms with Crippen LogP contribution in [-0.4, -0.2) is 44.8 Å². The first-order valence-corrected chi connectivity index (χ1v) is 12.9. The topological polar surface area (TPSA) is 131 Å². The summed E-state index contributed by atoms with van der Waals surface area (Å²) in [4.78, 5) is 25.9. The molecule has 1 aliphatic carbocycles. The second kappa shape index (κ2) is 10.2. The smallest absolute Gasteiger partial charge is 0.378 e. The van der Waals surface area contributed by atoms with Gasteiger partial charge in [-0.15, -0.1) is 4.59 Å². The molecule has 13 heteroatoms. The highest BCUT2D eigenvalue weighted by atomic mass is 19.4. The summed E-state index contributed by atoms with van der Waals surface area (Å²) in [6.07, 6.45) is 3.98. The number of halogens is 3. The fourth-order valence-electron chi connectivity index (χ4n) is 5.39. The van der Waals surface area contributed by atoms with E-state index in [9.17, 15) is 18.0 Å². The standard InChI is InChI=1S/C28H25F3N8O2/c1-41-15-22-20-12-18(6-7-21(20)37-38-22)25-23-14-33-10-11-39(23,32)26(36-25)16-2-4-17(5-3-16)27(40)35-24-13-19(8-9-34-24)28(29,30)31/h2-5,8-11,13-14,18H,6-7,12,15,32H2,1H3,(H-,34,35,37,38,40)/p+1. The van der Waals surface area contributed by atoms with Crippen molar-refractivity contribution in [2.45, 2.75) is 32.0 Å². The molecule has 0 saturated carbocycles. The number of nitrogens with zero attached hydrogens (tertiary/aromatic N) is 5. The van der Waals surface area contributed by atoms with E-state index in [4.69, 9.17) is 15.6 Å². The number of fused-ring (bicyclic) bond motifs is 2. The number of carbonyl (C=O) groups is 1. The number of aromatic amines is 1. The number of benzene rings is 1. The molecule has 10 nitrogen and oxygen atoms in total. The highest BCUT2D eigenvalue weighted by molar-refractivity contribution is 6.05. The summed E-state index contributed by atoms with van der Waals surface area (Å²) in [5, 5.41) is 9.96. The molecule has 2 aromatic heterocycles. The molecule has 3 aliphatic rings. The largest absolute Gasteiger partial charge is 0.416 e. The van der Waals surface area contributed by atoms with Gasteiger partial charge in [-0.2, -0.15) is 29.1 Å². The van der Waals surface area contributed by atoms with E-state index in [1.54, 1.807) is 50.0 Å². The number of hydrogen-bond donors (Lipinski definition) is 3. The van der Waals surface area contributed by atoms with Crippen LogP contribution in [0.2, 0.25) is 0 Å². The average Bonchev–Trinajstić information content (AvgIpc) is 3.50. The summed E-state index contributed by atoms with van der Waals surface area (Å²) in [5.41, 5.74) is 4.79. The molecule has 2 unspecified atom stereocenters. The summed E-state index contributed by atoms with van der Waals surface area (Å²) in [5.74, 6) is 6.76. The molecule has 1 aromatic carbocycles. The first-order chi connectivity index (χ1) is 19.7. The summed E-state index contributed by atoms with van der Waals surface area (Å²) in [7, 11) is 1.64. The Hall–Kier alpha value is -4.46. The number of quaternary nitrogens is 1. The minimum absolute atomic E-state index is 0.0900. The zero-order valence-electron chi connectivity index (χ0n) is 21.9. The number of anilines is 1. The van der Waals surface area contributed by atoms with E-state index in [2.05, 4.69) is 25.5 Å². The van der Waals surface area contributed by atoms with Gasteiger partial charge in [0, 0.05) is 30.5 Å². The molecule has 0 saturated heterocycles. The lowest BCUT2D eigenvalue weighted by molar-refractivity contribution is -0.750. The molecule has 4 N–H and O–H groups in total. The Morgan fingerprint density at radius 3 is 2.80 bits per heavy atom. The maximum atomic E-state index is 13.0. The van der Waals surface area contributed by atoms with Crippen molar-refractivity contribution in [3.8, 4) is 0 Å². The van der Waals surface area contributed by atoms with Gasteiger partial charge in [0.1, 0.15) is 17.7 Å². The number of allylic oxidation sites excluding steroid dienone is 2. The van der Waals surface area contributed by atoms with E-state index in [0.717, 1.165) is 65.9 Å². The zero-order chi connectivity index (χ0) is 28.8. The molecule has 6 rings (SSSR count). The lowest BCUT2D eigenvalue weighted by atomic mass is 9.84. The number of hydrogen-bond acceptors (Lipinski definition) is 7. The Labute approximate surface area is 232 Å². The van der Waals surface area contributed by atoms with E-state index < -0.39 is 17.6 Å². The minimum Gasteiger partial charge on any atom is -0.378 e. The van der Waals surface area contributed by atoms with Crippen molar-refractivity contribution in [3.05, 3.63) is 100 Å². The Morgan fingerprint density at radius 2 is 2.05 bits per heavy atom. The molecule has 2 atom stereocenters. The number of rotatable bonds is 6. The number of aliphatic imine (C=N–C) groups is 2. The average molecular weight is 564 g/mol. The van der Waals surface area contributed by atoms with Gasteiger partial charge in [0.15, 0.2) is 0 Å². The molecule has 0 radical (unpaired) electrons. The maximum absolute atomic E-state index is 13.0. The first kappa shape index (κ1) is 26.7. The molecule has 0 bridgehead atoms. The van der Waals surface area contributed by atoms with Gasteiger partial charge in [-0.25, -0.2) is 4.98 Å². The molecule has 210 valence electrons. The quantitative estimate of drug-likeness (QED) is 0.305. The summed E-state index contributed by atoms with van der Waals surface area (Å²) in [6, 6.07) is 8.20. The van der Waals surface area contributed by atoms with Gasteiger partial charge < -0.3 is 10.1 Å². The summed E-state index contributed by atoms with van der Waals surface area (Å²) in [6.45, 7) is 0.420. The monoisotopic (exact) mass is 563 g/mol. The molecule has 41 heavy (non-hydrogen) atoms. The molecule has 0 spiro atoms. The zero-order valence-corrected chi connectivity index (χ0v) is 21.9. The Balaban J connectivity index is 1.25. The fraction of sp³-hybridized carbons (Fsp3) is 0.250. The number of pyridine rings is 1. The molecule has 3 aromatic rings. The molecule has 0 fully saturated rings. The van der Waals surface area contributed by atoms with Gasteiger partial charge in [-0.1, -0.05) is 0 Å². The van der Waals surface area contributed by atoms with Crippen LogP contribution in [0.5, 0.6) is 0 Å². The number of aromatic nitrogens is 3. The molecule has 4 heterocycles. The van der Waals surface area contributed by atoms with Crippen molar-refractivity contribution < 1.29 is 27.3 Å². The molecule has 2 aliphatic heterocycles. The predicted octanol–water partition coefficient (Wildman–Crippen LogP) is 4.25.